The summed E-state index contributed by atoms with van der Waals surface area (Å²) in [7, 11) is 0. The van der Waals surface area contributed by atoms with E-state index in [0.29, 0.717) is 25.5 Å². The van der Waals surface area contributed by atoms with Crippen molar-refractivity contribution in [2.45, 2.75) is 45.5 Å². The van der Waals surface area contributed by atoms with Crippen molar-refractivity contribution < 1.29 is 19.1 Å². The van der Waals surface area contributed by atoms with Crippen LogP contribution in [0.5, 0.6) is 0 Å². The molecule has 2 aromatic rings. The van der Waals surface area contributed by atoms with E-state index in [1.807, 2.05) is 54.9 Å². The van der Waals surface area contributed by atoms with E-state index in [-0.39, 0.29) is 30.9 Å². The summed E-state index contributed by atoms with van der Waals surface area (Å²) in [4.78, 5) is 29.9. The van der Waals surface area contributed by atoms with Crippen LogP contribution in [-0.2, 0) is 33.8 Å². The van der Waals surface area contributed by atoms with E-state index in [1.165, 1.54) is 0 Å². The van der Waals surface area contributed by atoms with Crippen LogP contribution in [0.2, 0.25) is 0 Å². The molecule has 0 spiro atoms. The third-order valence-electron chi connectivity index (χ3n) is 4.93. The first-order valence-electron chi connectivity index (χ1n) is 11.0. The Morgan fingerprint density at radius 1 is 1.15 bits per heavy atom. The van der Waals surface area contributed by atoms with Crippen LogP contribution >= 0.6 is 0 Å². The van der Waals surface area contributed by atoms with Crippen LogP contribution in [-0.4, -0.2) is 46.8 Å². The number of rotatable bonds is 14. The predicted molar refractivity (Wildman–Crippen MR) is 127 cm³/mol. The number of carbonyl (C=O) groups is 2. The lowest BCUT2D eigenvalue weighted by atomic mass is 10.0. The number of ether oxygens (including phenoxy) is 2. The number of amides is 2. The molecule has 0 saturated carbocycles. The fourth-order valence-electron chi connectivity index (χ4n) is 3.05. The van der Waals surface area contributed by atoms with E-state index in [0.717, 1.165) is 5.56 Å². The number of allylic oxidation sites excluding steroid dienone is 1. The van der Waals surface area contributed by atoms with Gasteiger partial charge in [0.25, 0.3) is 0 Å². The average Bonchev–Trinajstić information content (AvgIpc) is 3.24. The first-order chi connectivity index (χ1) is 15.9. The maximum Gasteiger partial charge on any atom is 0.408 e. The molecule has 2 amide bonds. The lowest BCUT2D eigenvalue weighted by molar-refractivity contribution is -0.124. The Kier molecular flexibility index (Phi) is 10.9. The molecule has 8 heteroatoms. The Morgan fingerprint density at radius 3 is 2.58 bits per heavy atom. The lowest BCUT2D eigenvalue weighted by Crippen LogP contribution is -2.53. The topological polar surface area (TPSA) is 94.5 Å². The molecule has 1 aromatic carbocycles. The first kappa shape index (κ1) is 25.9. The predicted octanol–water partition coefficient (Wildman–Crippen LogP) is 3.25. The second kappa shape index (κ2) is 13.9. The zero-order valence-corrected chi connectivity index (χ0v) is 19.4. The van der Waals surface area contributed by atoms with Gasteiger partial charge in [0.1, 0.15) is 12.6 Å². The molecule has 8 nitrogen and oxygen atoms in total. The highest BCUT2D eigenvalue weighted by atomic mass is 16.5. The molecule has 178 valence electrons. The number of imidazole rings is 1. The molecule has 0 fully saturated rings. The summed E-state index contributed by atoms with van der Waals surface area (Å²) in [5.41, 5.74) is 1.53. The van der Waals surface area contributed by atoms with Gasteiger partial charge < -0.3 is 24.7 Å². The van der Waals surface area contributed by atoms with Crippen LogP contribution in [0.4, 0.5) is 4.79 Å². The van der Waals surface area contributed by atoms with Gasteiger partial charge in [-0.3, -0.25) is 4.79 Å². The van der Waals surface area contributed by atoms with Gasteiger partial charge in [0, 0.05) is 19.2 Å². The zero-order chi connectivity index (χ0) is 24.1. The summed E-state index contributed by atoms with van der Waals surface area (Å²) in [5.74, 6) is -0.193. The van der Waals surface area contributed by atoms with E-state index in [4.69, 9.17) is 9.47 Å². The van der Waals surface area contributed by atoms with Crippen LogP contribution < -0.4 is 10.6 Å². The number of hydrogen-bond acceptors (Lipinski definition) is 5. The fourth-order valence-corrected chi connectivity index (χ4v) is 3.05. The number of carbonyl (C=O) groups excluding carboxylic acids is 2. The Hall–Kier alpha value is -3.39. The van der Waals surface area contributed by atoms with Crippen molar-refractivity contribution in [2.24, 2.45) is 5.92 Å². The molecule has 0 bridgehead atoms. The summed E-state index contributed by atoms with van der Waals surface area (Å²) in [6.07, 6.45) is 6.45. The maximum absolute atomic E-state index is 13.1. The minimum absolute atomic E-state index is 0.110. The zero-order valence-electron chi connectivity index (χ0n) is 19.4. The highest BCUT2D eigenvalue weighted by Gasteiger charge is 2.26. The quantitative estimate of drug-likeness (QED) is 0.338. The normalized spacial score (nSPS) is 12.6. The van der Waals surface area contributed by atoms with E-state index in [9.17, 15) is 9.59 Å². The van der Waals surface area contributed by atoms with Gasteiger partial charge in [0.15, 0.2) is 0 Å². The van der Waals surface area contributed by atoms with Crippen molar-refractivity contribution in [3.63, 3.8) is 0 Å². The molecule has 1 heterocycles. The molecular weight excluding hydrogens is 420 g/mol. The first-order valence-corrected chi connectivity index (χ1v) is 11.0. The Balaban J connectivity index is 2.06. The maximum atomic E-state index is 13.1. The smallest absolute Gasteiger partial charge is 0.408 e. The monoisotopic (exact) mass is 454 g/mol. The largest absolute Gasteiger partial charge is 0.445 e. The van der Waals surface area contributed by atoms with Crippen molar-refractivity contribution in [1.82, 2.24) is 20.2 Å². The van der Waals surface area contributed by atoms with Crippen LogP contribution in [0.15, 0.2) is 68.2 Å². The van der Waals surface area contributed by atoms with Crippen LogP contribution in [0.1, 0.15) is 25.1 Å². The molecule has 0 unspecified atom stereocenters. The average molecular weight is 455 g/mol. The standard InChI is InChI=1S/C25H34N4O4/c1-5-12-29-15-21(26-18-29)14-22(24(30)27-23(19(3)4)17-32-13-6-2)28-25(31)33-16-20-10-8-7-9-11-20/h5-11,15,18-19,22-23H,1-2,12-14,16-17H2,3-4H3,(H,27,30)(H,28,31)/t22-,23-/m1/s1. The summed E-state index contributed by atoms with van der Waals surface area (Å²) >= 11 is 0. The van der Waals surface area contributed by atoms with Crippen LogP contribution in [0.25, 0.3) is 0 Å². The molecule has 1 aromatic heterocycles. The Morgan fingerprint density at radius 2 is 1.91 bits per heavy atom. The van der Waals surface area contributed by atoms with Crippen LogP contribution in [0.3, 0.4) is 0 Å². The van der Waals surface area contributed by atoms with Gasteiger partial charge in [-0.05, 0) is 11.5 Å². The minimum Gasteiger partial charge on any atom is -0.445 e. The van der Waals surface area contributed by atoms with Gasteiger partial charge in [-0.25, -0.2) is 9.78 Å². The van der Waals surface area contributed by atoms with Gasteiger partial charge in [-0.15, -0.1) is 13.2 Å². The molecule has 0 aliphatic rings. The molecule has 33 heavy (non-hydrogen) atoms. The summed E-state index contributed by atoms with van der Waals surface area (Å²) in [5, 5.41) is 5.68. The van der Waals surface area contributed by atoms with Gasteiger partial charge in [0.05, 0.1) is 31.3 Å². The van der Waals surface area contributed by atoms with Gasteiger partial charge in [0.2, 0.25) is 5.91 Å². The van der Waals surface area contributed by atoms with E-state index < -0.39 is 12.1 Å². The van der Waals surface area contributed by atoms with Gasteiger partial charge in [-0.1, -0.05) is 56.3 Å². The van der Waals surface area contributed by atoms with Gasteiger partial charge in [-0.2, -0.15) is 0 Å². The molecule has 2 rings (SSSR count). The van der Waals surface area contributed by atoms with Gasteiger partial charge >= 0.3 is 6.09 Å². The Bertz CT molecular complexity index is 895. The molecule has 0 aliphatic heterocycles. The van der Waals surface area contributed by atoms with Crippen molar-refractivity contribution in [1.29, 1.82) is 0 Å². The van der Waals surface area contributed by atoms with Crippen molar-refractivity contribution >= 4 is 12.0 Å². The summed E-state index contributed by atoms with van der Waals surface area (Å²) in [6.45, 7) is 12.8. The van der Waals surface area contributed by atoms with E-state index in [2.05, 4.69) is 28.8 Å². The second-order valence-electron chi connectivity index (χ2n) is 8.00. The number of nitrogens with one attached hydrogen (secondary N) is 2. The summed E-state index contributed by atoms with van der Waals surface area (Å²) < 4.78 is 12.7. The third kappa shape index (κ3) is 9.33. The number of hydrogen-bond donors (Lipinski definition) is 2. The number of nitrogens with zero attached hydrogens (tertiary/aromatic N) is 2. The molecule has 2 atom stereocenters. The molecule has 2 N–H and O–H groups in total. The minimum atomic E-state index is -0.860. The summed E-state index contributed by atoms with van der Waals surface area (Å²) in [6, 6.07) is 8.26. The molecular formula is C25H34N4O4. The third-order valence-corrected chi connectivity index (χ3v) is 4.93. The van der Waals surface area contributed by atoms with E-state index in [1.54, 1.807) is 18.5 Å². The molecule has 0 aliphatic carbocycles. The van der Waals surface area contributed by atoms with Crippen LogP contribution in [0, 0.1) is 5.92 Å². The molecule has 0 radical (unpaired) electrons. The van der Waals surface area contributed by atoms with Crippen molar-refractivity contribution in [3.8, 4) is 0 Å². The Labute approximate surface area is 195 Å². The number of aromatic nitrogens is 2. The van der Waals surface area contributed by atoms with Crippen molar-refractivity contribution in [3.05, 3.63) is 79.4 Å². The number of alkyl carbamates (subject to hydrolysis) is 1. The fraction of sp³-hybridized carbons (Fsp3) is 0.400. The lowest BCUT2D eigenvalue weighted by Gasteiger charge is -2.25. The highest BCUT2D eigenvalue weighted by Crippen LogP contribution is 2.07. The number of benzene rings is 1. The SMILES string of the molecule is C=CCOC[C@@H](NC(=O)[C@@H](Cc1cn(CC=C)cn1)NC(=O)OCc1ccccc1)C(C)C. The second-order valence-corrected chi connectivity index (χ2v) is 8.00. The molecule has 0 saturated heterocycles. The van der Waals surface area contributed by atoms with E-state index >= 15 is 0 Å². The highest BCUT2D eigenvalue weighted by molar-refractivity contribution is 5.86. The van der Waals surface area contributed by atoms with Crippen molar-refractivity contribution in [2.75, 3.05) is 13.2 Å².